The highest BCUT2D eigenvalue weighted by atomic mass is 32.3. The quantitative estimate of drug-likeness (QED) is 0.160. The zero-order valence-electron chi connectivity index (χ0n) is 18.9. The maximum absolute atomic E-state index is 13.5. The van der Waals surface area contributed by atoms with Crippen LogP contribution >= 0.6 is 23.3 Å². The van der Waals surface area contributed by atoms with Gasteiger partial charge in [-0.25, -0.2) is 8.69 Å². The van der Waals surface area contributed by atoms with Crippen molar-refractivity contribution >= 4 is 49.2 Å². The predicted molar refractivity (Wildman–Crippen MR) is 140 cm³/mol. The molecule has 0 bridgehead atoms. The van der Waals surface area contributed by atoms with Crippen LogP contribution in [0.15, 0.2) is 58.9 Å². The van der Waals surface area contributed by atoms with E-state index >= 15 is 0 Å². The first-order chi connectivity index (χ1) is 15.6. The van der Waals surface area contributed by atoms with E-state index < -0.39 is 10.0 Å². The summed E-state index contributed by atoms with van der Waals surface area (Å²) < 4.78 is 29.4. The predicted octanol–water partition coefficient (Wildman–Crippen LogP) is 8.06. The Morgan fingerprint density at radius 1 is 0.812 bits per heavy atom. The Morgan fingerprint density at radius 3 is 2.06 bits per heavy atom. The third-order valence-electron chi connectivity index (χ3n) is 5.39. The molecule has 0 amide bonds. The summed E-state index contributed by atoms with van der Waals surface area (Å²) in [6.45, 7) is 2.25. The maximum Gasteiger partial charge on any atom is 0.301 e. The van der Waals surface area contributed by atoms with Gasteiger partial charge in [0.05, 0.1) is 15.9 Å². The van der Waals surface area contributed by atoms with E-state index in [4.69, 9.17) is 0 Å². The van der Waals surface area contributed by atoms with Gasteiger partial charge in [-0.2, -0.15) is 8.42 Å². The number of hydrogen-bond donors (Lipinski definition) is 0. The van der Waals surface area contributed by atoms with E-state index in [1.807, 2.05) is 54.6 Å². The molecule has 4 nitrogen and oxygen atoms in total. The Bertz CT molecular complexity index is 1000. The van der Waals surface area contributed by atoms with E-state index in [1.165, 1.54) is 78.4 Å². The largest absolute Gasteiger partial charge is 0.301 e. The van der Waals surface area contributed by atoms with Gasteiger partial charge in [0.15, 0.2) is 0 Å². The monoisotopic (exact) mass is 490 g/mol. The van der Waals surface area contributed by atoms with Crippen molar-refractivity contribution in [1.82, 2.24) is 4.98 Å². The molecule has 1 heterocycles. The number of rotatable bonds is 15. The molecule has 0 spiro atoms. The fourth-order valence-electron chi connectivity index (χ4n) is 3.60. The fourth-order valence-corrected chi connectivity index (χ4v) is 7.87. The zero-order valence-corrected chi connectivity index (χ0v) is 21.4. The topological polar surface area (TPSA) is 50.3 Å². The number of sulfonamides is 1. The summed E-state index contributed by atoms with van der Waals surface area (Å²) >= 11 is 2.61. The Kier molecular flexibility index (Phi) is 10.3. The number of fused-ring (bicyclic) bond motifs is 1. The highest BCUT2D eigenvalue weighted by Gasteiger charge is 2.29. The van der Waals surface area contributed by atoms with Crippen LogP contribution in [0.1, 0.15) is 71.1 Å². The van der Waals surface area contributed by atoms with Crippen molar-refractivity contribution in [3.05, 3.63) is 54.6 Å². The highest BCUT2D eigenvalue weighted by molar-refractivity contribution is 8.15. The Labute approximate surface area is 201 Å². The van der Waals surface area contributed by atoms with Crippen LogP contribution in [0.2, 0.25) is 0 Å². The summed E-state index contributed by atoms with van der Waals surface area (Å²) in [5.74, 6) is 0.773. The van der Waals surface area contributed by atoms with E-state index in [-0.39, 0.29) is 4.34 Å². The smallest absolute Gasteiger partial charge is 0.223 e. The molecule has 0 saturated carbocycles. The molecule has 0 aliphatic carbocycles. The lowest BCUT2D eigenvalue weighted by molar-refractivity contribution is 0.563. The van der Waals surface area contributed by atoms with Gasteiger partial charge in [0.2, 0.25) is 4.34 Å². The Balaban J connectivity index is 1.54. The molecule has 3 aromatic rings. The zero-order chi connectivity index (χ0) is 22.7. The van der Waals surface area contributed by atoms with Crippen LogP contribution < -0.4 is 3.71 Å². The second kappa shape index (κ2) is 13.2. The molecule has 0 unspecified atom stereocenters. The van der Waals surface area contributed by atoms with Crippen molar-refractivity contribution < 1.29 is 8.42 Å². The SMILES string of the molecule is CCCCCCCCCCCCSN(c1ccccc1)S(=O)(=O)c1nc2ccccc2s1. The number of hydrogen-bond acceptors (Lipinski definition) is 5. The summed E-state index contributed by atoms with van der Waals surface area (Å²) in [6, 6.07) is 16.9. The molecular formula is C25H34N2O2S3. The summed E-state index contributed by atoms with van der Waals surface area (Å²) in [7, 11) is -3.72. The summed E-state index contributed by atoms with van der Waals surface area (Å²) in [4.78, 5) is 4.41. The number of thiazole rings is 1. The molecule has 0 radical (unpaired) electrons. The molecule has 3 rings (SSSR count). The van der Waals surface area contributed by atoms with Crippen molar-refractivity contribution in [3.63, 3.8) is 0 Å². The number of aromatic nitrogens is 1. The lowest BCUT2D eigenvalue weighted by atomic mass is 10.1. The molecular weight excluding hydrogens is 456 g/mol. The number of unbranched alkanes of at least 4 members (excludes halogenated alkanes) is 9. The summed E-state index contributed by atoms with van der Waals surface area (Å²) in [5, 5.41) is 0. The van der Waals surface area contributed by atoms with Crippen LogP contribution in [-0.4, -0.2) is 19.2 Å². The van der Waals surface area contributed by atoms with E-state index in [9.17, 15) is 8.42 Å². The van der Waals surface area contributed by atoms with E-state index in [0.717, 1.165) is 28.8 Å². The molecule has 0 atom stereocenters. The lowest BCUT2D eigenvalue weighted by Crippen LogP contribution is -2.24. The normalized spacial score (nSPS) is 11.8. The van der Waals surface area contributed by atoms with Crippen molar-refractivity contribution in [2.24, 2.45) is 0 Å². The van der Waals surface area contributed by atoms with Gasteiger partial charge in [0.1, 0.15) is 0 Å². The second-order valence-electron chi connectivity index (χ2n) is 8.03. The van der Waals surface area contributed by atoms with Gasteiger partial charge in [-0.3, -0.25) is 0 Å². The van der Waals surface area contributed by atoms with E-state index in [2.05, 4.69) is 11.9 Å². The van der Waals surface area contributed by atoms with Crippen molar-refractivity contribution in [2.75, 3.05) is 9.46 Å². The minimum atomic E-state index is -3.72. The molecule has 0 saturated heterocycles. The van der Waals surface area contributed by atoms with Gasteiger partial charge < -0.3 is 0 Å². The van der Waals surface area contributed by atoms with Crippen LogP contribution in [-0.2, 0) is 10.0 Å². The molecule has 0 fully saturated rings. The number of nitrogens with zero attached hydrogens (tertiary/aromatic N) is 2. The third-order valence-corrected chi connectivity index (χ3v) is 10.1. The average molecular weight is 491 g/mol. The van der Waals surface area contributed by atoms with Gasteiger partial charge in [-0.05, 0) is 42.6 Å². The van der Waals surface area contributed by atoms with Crippen molar-refractivity contribution in [3.8, 4) is 0 Å². The first kappa shape index (κ1) is 25.1. The Morgan fingerprint density at radius 2 is 1.41 bits per heavy atom. The summed E-state index contributed by atoms with van der Waals surface area (Å²) in [6.07, 6.45) is 12.7. The van der Waals surface area contributed by atoms with Gasteiger partial charge >= 0.3 is 10.0 Å². The molecule has 32 heavy (non-hydrogen) atoms. The van der Waals surface area contributed by atoms with Gasteiger partial charge in [-0.1, -0.05) is 95.0 Å². The van der Waals surface area contributed by atoms with Gasteiger partial charge in [0, 0.05) is 5.75 Å². The minimum Gasteiger partial charge on any atom is -0.223 e. The molecule has 0 aliphatic heterocycles. The van der Waals surface area contributed by atoms with E-state index in [0.29, 0.717) is 5.69 Å². The number of para-hydroxylation sites is 2. The van der Waals surface area contributed by atoms with Crippen LogP contribution in [0.5, 0.6) is 0 Å². The van der Waals surface area contributed by atoms with Crippen molar-refractivity contribution in [1.29, 1.82) is 0 Å². The minimum absolute atomic E-state index is 0.151. The van der Waals surface area contributed by atoms with Crippen LogP contribution in [0.25, 0.3) is 10.2 Å². The standard InChI is InChI=1S/C25H34N2O2S3/c1-2-3-4-5-6-7-8-9-10-16-21-30-27(22-17-12-11-13-18-22)32(28,29)25-26-23-19-14-15-20-24(23)31-25/h11-15,17-20H,2-10,16,21H2,1H3. The molecule has 1 aromatic heterocycles. The first-order valence-corrected chi connectivity index (χ1v) is 14.9. The Hall–Kier alpha value is -1.57. The second-order valence-corrected chi connectivity index (χ2v) is 12.3. The summed E-state index contributed by atoms with van der Waals surface area (Å²) in [5.41, 5.74) is 1.40. The van der Waals surface area contributed by atoms with Crippen LogP contribution in [0, 0.1) is 0 Å². The van der Waals surface area contributed by atoms with Crippen LogP contribution in [0.3, 0.4) is 0 Å². The fraction of sp³-hybridized carbons (Fsp3) is 0.480. The van der Waals surface area contributed by atoms with Crippen LogP contribution in [0.4, 0.5) is 5.69 Å². The molecule has 174 valence electrons. The molecule has 0 N–H and O–H groups in total. The van der Waals surface area contributed by atoms with E-state index in [1.54, 1.807) is 0 Å². The first-order valence-electron chi connectivity index (χ1n) is 11.7. The lowest BCUT2D eigenvalue weighted by Gasteiger charge is -2.21. The highest BCUT2D eigenvalue weighted by Crippen LogP contribution is 2.34. The van der Waals surface area contributed by atoms with Gasteiger partial charge in [-0.15, -0.1) is 11.3 Å². The van der Waals surface area contributed by atoms with Gasteiger partial charge in [0.25, 0.3) is 0 Å². The molecule has 0 aliphatic rings. The molecule has 7 heteroatoms. The average Bonchev–Trinajstić information content (AvgIpc) is 3.26. The third kappa shape index (κ3) is 7.22. The number of anilines is 1. The molecule has 2 aromatic carbocycles. The van der Waals surface area contributed by atoms with Crippen molar-refractivity contribution in [2.45, 2.75) is 75.5 Å². The maximum atomic E-state index is 13.5. The number of benzene rings is 2.